The predicted octanol–water partition coefficient (Wildman–Crippen LogP) is 7.34. The van der Waals surface area contributed by atoms with Crippen molar-refractivity contribution in [2.24, 2.45) is 0 Å². The third-order valence-electron chi connectivity index (χ3n) is 7.17. The summed E-state index contributed by atoms with van der Waals surface area (Å²) in [6, 6.07) is 33.1. The first kappa shape index (κ1) is 32.6. The predicted molar refractivity (Wildman–Crippen MR) is 178 cm³/mol. The average Bonchev–Trinajstić information content (AvgIpc) is 3.04. The number of rotatable bonds is 11. The smallest absolute Gasteiger partial charge is 0.340 e. The standard InChI is InChI=1S/C35H32N2O7S2/c1-24-9-13-28(14-10-24)36(45(39)40)33-19-17-30(22-27(33)21-26-7-5-4-6-8-26)44-31-18-20-34(32(23-31)35(38)43-3)37(46(41)42)29-15-11-25(2)12-16-29/h4-20,22-23H,21H2,1-3H3,(H,39,40)(H,41,42)/p-2. The van der Waals surface area contributed by atoms with Gasteiger partial charge in [0.1, 0.15) is 11.5 Å². The summed E-state index contributed by atoms with van der Waals surface area (Å²) in [5.41, 5.74) is 4.90. The Kier molecular flexibility index (Phi) is 10.3. The van der Waals surface area contributed by atoms with Crippen LogP contribution in [0.2, 0.25) is 0 Å². The first-order valence-corrected chi connectivity index (χ1v) is 16.2. The van der Waals surface area contributed by atoms with E-state index in [-0.39, 0.29) is 17.0 Å². The molecule has 0 spiro atoms. The summed E-state index contributed by atoms with van der Waals surface area (Å²) < 4.78 is 63.2. The third-order valence-corrected chi connectivity index (χ3v) is 8.58. The van der Waals surface area contributed by atoms with Crippen molar-refractivity contribution in [3.05, 3.63) is 143 Å². The van der Waals surface area contributed by atoms with Crippen LogP contribution in [-0.4, -0.2) is 30.6 Å². The van der Waals surface area contributed by atoms with E-state index in [1.165, 1.54) is 23.5 Å². The summed E-state index contributed by atoms with van der Waals surface area (Å²) in [6.07, 6.45) is 0.403. The Morgan fingerprint density at radius 1 is 0.674 bits per heavy atom. The maximum Gasteiger partial charge on any atom is 0.340 e. The van der Waals surface area contributed by atoms with Gasteiger partial charge >= 0.3 is 5.97 Å². The summed E-state index contributed by atoms with van der Waals surface area (Å²) in [6.45, 7) is 3.81. The number of methoxy groups -OCH3 is 1. The minimum Gasteiger partial charge on any atom is -0.755 e. The van der Waals surface area contributed by atoms with Crippen molar-refractivity contribution in [1.29, 1.82) is 0 Å². The number of aryl methyl sites for hydroxylation is 2. The molecule has 5 rings (SSSR count). The molecule has 0 amide bonds. The van der Waals surface area contributed by atoms with Crippen LogP contribution in [0.15, 0.2) is 115 Å². The zero-order valence-corrected chi connectivity index (χ0v) is 26.9. The van der Waals surface area contributed by atoms with Crippen LogP contribution in [0.25, 0.3) is 0 Å². The number of benzene rings is 5. The zero-order valence-electron chi connectivity index (χ0n) is 25.2. The number of esters is 1. The van der Waals surface area contributed by atoms with Gasteiger partial charge in [-0.15, -0.1) is 0 Å². The SMILES string of the molecule is COC(=O)c1cc(Oc2ccc(N(c3ccc(C)cc3)S(=O)[O-])c(Cc3ccccc3)c2)ccc1N(c1ccc(C)cc1)S(=O)[O-]. The molecule has 2 unspecified atom stereocenters. The summed E-state index contributed by atoms with van der Waals surface area (Å²) in [4.78, 5) is 12.9. The highest BCUT2D eigenvalue weighted by Gasteiger charge is 2.22. The fourth-order valence-corrected chi connectivity index (χ4v) is 6.16. The van der Waals surface area contributed by atoms with Gasteiger partial charge in [0, 0.05) is 0 Å². The van der Waals surface area contributed by atoms with Crippen LogP contribution in [0.1, 0.15) is 32.6 Å². The van der Waals surface area contributed by atoms with Crippen molar-refractivity contribution < 1.29 is 31.8 Å². The second-order valence-electron chi connectivity index (χ2n) is 10.4. The van der Waals surface area contributed by atoms with Crippen LogP contribution in [0, 0.1) is 13.8 Å². The van der Waals surface area contributed by atoms with Gasteiger partial charge in [0.2, 0.25) is 0 Å². The van der Waals surface area contributed by atoms with Crippen molar-refractivity contribution in [2.45, 2.75) is 20.3 Å². The highest BCUT2D eigenvalue weighted by molar-refractivity contribution is 7.81. The van der Waals surface area contributed by atoms with Gasteiger partial charge in [0.25, 0.3) is 0 Å². The van der Waals surface area contributed by atoms with Gasteiger partial charge in [-0.1, -0.05) is 65.7 Å². The molecular formula is C35H30N2O7S2-2. The molecular weight excluding hydrogens is 625 g/mol. The zero-order chi connectivity index (χ0) is 32.8. The summed E-state index contributed by atoms with van der Waals surface area (Å²) >= 11 is -5.38. The van der Waals surface area contributed by atoms with E-state index in [1.54, 1.807) is 60.7 Å². The first-order valence-electron chi connectivity index (χ1n) is 14.1. The molecule has 0 bridgehead atoms. The summed E-state index contributed by atoms with van der Waals surface area (Å²) in [5, 5.41) is 0. The molecule has 0 radical (unpaired) electrons. The summed E-state index contributed by atoms with van der Waals surface area (Å²) in [7, 11) is 1.21. The number of carbonyl (C=O) groups is 1. The molecule has 236 valence electrons. The molecule has 0 N–H and O–H groups in total. The van der Waals surface area contributed by atoms with Gasteiger partial charge in [-0.25, -0.2) is 4.79 Å². The number of carbonyl (C=O) groups excluding carboxylic acids is 1. The van der Waals surface area contributed by atoms with E-state index in [4.69, 9.17) is 9.47 Å². The van der Waals surface area contributed by atoms with E-state index in [0.29, 0.717) is 34.8 Å². The highest BCUT2D eigenvalue weighted by atomic mass is 32.2. The number of hydrogen-bond donors (Lipinski definition) is 0. The Bertz CT molecular complexity index is 1880. The Balaban J connectivity index is 1.55. The van der Waals surface area contributed by atoms with Crippen molar-refractivity contribution >= 4 is 51.3 Å². The molecule has 0 aliphatic heterocycles. The summed E-state index contributed by atoms with van der Waals surface area (Å²) in [5.74, 6) is -0.137. The molecule has 0 aliphatic carbocycles. The van der Waals surface area contributed by atoms with E-state index in [9.17, 15) is 22.3 Å². The van der Waals surface area contributed by atoms with Crippen LogP contribution >= 0.6 is 0 Å². The highest BCUT2D eigenvalue weighted by Crippen LogP contribution is 2.37. The number of ether oxygens (including phenoxy) is 2. The van der Waals surface area contributed by atoms with Gasteiger partial charge in [-0.3, -0.25) is 17.0 Å². The molecule has 9 nitrogen and oxygen atoms in total. The molecule has 5 aromatic rings. The lowest BCUT2D eigenvalue weighted by Crippen LogP contribution is -2.22. The molecule has 46 heavy (non-hydrogen) atoms. The van der Waals surface area contributed by atoms with E-state index < -0.39 is 28.5 Å². The van der Waals surface area contributed by atoms with Crippen molar-refractivity contribution in [3.8, 4) is 11.5 Å². The van der Waals surface area contributed by atoms with Crippen LogP contribution in [0.4, 0.5) is 22.7 Å². The Morgan fingerprint density at radius 3 is 1.70 bits per heavy atom. The van der Waals surface area contributed by atoms with Crippen molar-refractivity contribution in [3.63, 3.8) is 0 Å². The molecule has 2 atom stereocenters. The minimum absolute atomic E-state index is 0.0294. The van der Waals surface area contributed by atoms with Crippen LogP contribution in [0.5, 0.6) is 11.5 Å². The normalized spacial score (nSPS) is 12.2. The number of hydrogen-bond acceptors (Lipinski definition) is 7. The van der Waals surface area contributed by atoms with E-state index in [0.717, 1.165) is 21.0 Å². The molecule has 0 heterocycles. The van der Waals surface area contributed by atoms with Crippen molar-refractivity contribution in [1.82, 2.24) is 0 Å². The molecule has 0 saturated heterocycles. The van der Waals surface area contributed by atoms with Gasteiger partial charge < -0.3 is 18.6 Å². The fraction of sp³-hybridized carbons (Fsp3) is 0.114. The van der Waals surface area contributed by atoms with Crippen LogP contribution in [0.3, 0.4) is 0 Å². The lowest BCUT2D eigenvalue weighted by molar-refractivity contribution is 0.0601. The van der Waals surface area contributed by atoms with Crippen molar-refractivity contribution in [2.75, 3.05) is 15.7 Å². The second kappa shape index (κ2) is 14.5. The Labute approximate surface area is 272 Å². The fourth-order valence-electron chi connectivity index (χ4n) is 4.92. The topological polar surface area (TPSA) is 122 Å². The number of nitrogens with zero attached hydrogens (tertiary/aromatic N) is 2. The van der Waals surface area contributed by atoms with Crippen LogP contribution < -0.4 is 13.3 Å². The molecule has 0 aliphatic rings. The average molecular weight is 655 g/mol. The largest absolute Gasteiger partial charge is 0.755 e. The number of anilines is 4. The molecule has 0 saturated carbocycles. The Morgan fingerprint density at radius 2 is 1.17 bits per heavy atom. The second-order valence-corrected chi connectivity index (χ2v) is 12.0. The first-order chi connectivity index (χ1) is 22.1. The maximum absolute atomic E-state index is 12.9. The lowest BCUT2D eigenvalue weighted by atomic mass is 10.0. The molecule has 0 aromatic heterocycles. The Hall–Kier alpha value is -4.81. The molecule has 5 aromatic carbocycles. The van der Waals surface area contributed by atoms with E-state index >= 15 is 0 Å². The molecule has 0 fully saturated rings. The third kappa shape index (κ3) is 7.52. The van der Waals surface area contributed by atoms with E-state index in [1.807, 2.05) is 56.3 Å². The van der Waals surface area contributed by atoms with Gasteiger partial charge in [-0.2, -0.15) is 0 Å². The van der Waals surface area contributed by atoms with E-state index in [2.05, 4.69) is 0 Å². The lowest BCUT2D eigenvalue weighted by Gasteiger charge is -2.29. The van der Waals surface area contributed by atoms with Gasteiger partial charge in [0.15, 0.2) is 0 Å². The maximum atomic E-state index is 12.9. The minimum atomic E-state index is -2.76. The van der Waals surface area contributed by atoms with Gasteiger partial charge in [0.05, 0.1) is 58.0 Å². The van der Waals surface area contributed by atoms with Crippen LogP contribution in [-0.2, 0) is 33.7 Å². The quantitative estimate of drug-likeness (QED) is 0.108. The monoisotopic (exact) mass is 654 g/mol. The molecule has 11 heteroatoms. The van der Waals surface area contributed by atoms with Gasteiger partial charge in [-0.05, 0) is 92.1 Å².